The first kappa shape index (κ1) is 13.4. The number of hydrogen-bond acceptors (Lipinski definition) is 3. The molecule has 0 unspecified atom stereocenters. The molecule has 1 amide bonds. The molecule has 0 radical (unpaired) electrons. The lowest BCUT2D eigenvalue weighted by Crippen LogP contribution is -2.33. The Morgan fingerprint density at radius 2 is 1.74 bits per heavy atom. The van der Waals surface area contributed by atoms with Gasteiger partial charge in [0.25, 0.3) is 5.91 Å². The van der Waals surface area contributed by atoms with Gasteiger partial charge in [0.05, 0.1) is 11.2 Å². The average molecular weight is 258 g/mol. The predicted molar refractivity (Wildman–Crippen MR) is 76.7 cm³/mol. The molecule has 4 nitrogen and oxygen atoms in total. The summed E-state index contributed by atoms with van der Waals surface area (Å²) in [7, 11) is 0. The van der Waals surface area contributed by atoms with Crippen LogP contribution in [0.5, 0.6) is 0 Å². The first-order valence-corrected chi connectivity index (χ1v) is 6.13. The first-order chi connectivity index (χ1) is 8.87. The van der Waals surface area contributed by atoms with Gasteiger partial charge < -0.3 is 5.73 Å². The normalized spacial score (nSPS) is 11.5. The number of fused-ring (bicyclic) bond motifs is 1. The van der Waals surface area contributed by atoms with Gasteiger partial charge >= 0.3 is 0 Å². The molecule has 0 bridgehead atoms. The standard InChI is InChI=1S/C15H18N2O2/c1-15(2,3)19-17-14(18)12-8-10-6-4-5-7-11(10)9-13(12)16/h4-9H,16H2,1-3H3,(H,17,18). The summed E-state index contributed by atoms with van der Waals surface area (Å²) in [4.78, 5) is 17.3. The quantitative estimate of drug-likeness (QED) is 0.643. The lowest BCUT2D eigenvalue weighted by molar-refractivity contribution is -0.0589. The molecule has 0 aliphatic carbocycles. The molecule has 19 heavy (non-hydrogen) atoms. The number of hydrogen-bond donors (Lipinski definition) is 2. The summed E-state index contributed by atoms with van der Waals surface area (Å²) in [6.07, 6.45) is 0. The Hall–Kier alpha value is -2.07. The number of amides is 1. The van der Waals surface area contributed by atoms with Crippen molar-refractivity contribution in [3.05, 3.63) is 42.0 Å². The monoisotopic (exact) mass is 258 g/mol. The minimum Gasteiger partial charge on any atom is -0.398 e. The lowest BCUT2D eigenvalue weighted by Gasteiger charge is -2.19. The van der Waals surface area contributed by atoms with Crippen LogP contribution in [-0.2, 0) is 4.84 Å². The Kier molecular flexibility index (Phi) is 3.44. The summed E-state index contributed by atoms with van der Waals surface area (Å²) >= 11 is 0. The van der Waals surface area contributed by atoms with E-state index < -0.39 is 5.60 Å². The summed E-state index contributed by atoms with van der Waals surface area (Å²) in [5.74, 6) is -0.335. The van der Waals surface area contributed by atoms with Crippen LogP contribution in [0.15, 0.2) is 36.4 Å². The Morgan fingerprint density at radius 3 is 2.32 bits per heavy atom. The third-order valence-corrected chi connectivity index (χ3v) is 2.61. The van der Waals surface area contributed by atoms with Crippen molar-refractivity contribution in [2.24, 2.45) is 0 Å². The summed E-state index contributed by atoms with van der Waals surface area (Å²) in [5, 5.41) is 1.98. The van der Waals surface area contributed by atoms with Crippen molar-refractivity contribution in [3.63, 3.8) is 0 Å². The maximum absolute atomic E-state index is 12.0. The SMILES string of the molecule is CC(C)(C)ONC(=O)c1cc2ccccc2cc1N. The van der Waals surface area contributed by atoms with Crippen molar-refractivity contribution in [2.75, 3.05) is 5.73 Å². The van der Waals surface area contributed by atoms with E-state index in [-0.39, 0.29) is 5.91 Å². The van der Waals surface area contributed by atoms with Crippen LogP contribution in [-0.4, -0.2) is 11.5 Å². The zero-order valence-corrected chi connectivity index (χ0v) is 11.4. The van der Waals surface area contributed by atoms with Crippen molar-refractivity contribution >= 4 is 22.4 Å². The Bertz CT molecular complexity index is 615. The maximum atomic E-state index is 12.0. The van der Waals surface area contributed by atoms with Crippen molar-refractivity contribution in [3.8, 4) is 0 Å². The zero-order chi connectivity index (χ0) is 14.0. The molecule has 2 aromatic carbocycles. The molecule has 100 valence electrons. The highest BCUT2D eigenvalue weighted by Gasteiger charge is 2.16. The number of carbonyl (C=O) groups excluding carboxylic acids is 1. The van der Waals surface area contributed by atoms with Crippen molar-refractivity contribution in [2.45, 2.75) is 26.4 Å². The minimum atomic E-state index is -0.443. The molecule has 0 aromatic heterocycles. The van der Waals surface area contributed by atoms with Crippen LogP contribution in [0.25, 0.3) is 10.8 Å². The van der Waals surface area contributed by atoms with Gasteiger partial charge in [0.15, 0.2) is 0 Å². The van der Waals surface area contributed by atoms with Gasteiger partial charge in [-0.05, 0) is 43.7 Å². The molecule has 4 heteroatoms. The molecular weight excluding hydrogens is 240 g/mol. The van der Waals surface area contributed by atoms with Crippen LogP contribution < -0.4 is 11.2 Å². The lowest BCUT2D eigenvalue weighted by atomic mass is 10.0. The Labute approximate surface area is 112 Å². The summed E-state index contributed by atoms with van der Waals surface area (Å²) in [6.45, 7) is 5.57. The molecule has 2 rings (SSSR count). The highest BCUT2D eigenvalue weighted by atomic mass is 16.7. The van der Waals surface area contributed by atoms with Gasteiger partial charge in [0, 0.05) is 5.69 Å². The zero-order valence-electron chi connectivity index (χ0n) is 11.4. The van der Waals surface area contributed by atoms with E-state index in [4.69, 9.17) is 10.6 Å². The van der Waals surface area contributed by atoms with Gasteiger partial charge in [0.2, 0.25) is 0 Å². The Morgan fingerprint density at radius 1 is 1.16 bits per heavy atom. The molecule has 0 fully saturated rings. The van der Waals surface area contributed by atoms with Gasteiger partial charge in [-0.25, -0.2) is 5.48 Å². The van der Waals surface area contributed by atoms with E-state index in [2.05, 4.69) is 5.48 Å². The average Bonchev–Trinajstić information content (AvgIpc) is 2.34. The topological polar surface area (TPSA) is 64.3 Å². The second-order valence-corrected chi connectivity index (χ2v) is 5.43. The number of carbonyl (C=O) groups is 1. The van der Waals surface area contributed by atoms with Gasteiger partial charge in [0.1, 0.15) is 0 Å². The van der Waals surface area contributed by atoms with Gasteiger partial charge in [-0.1, -0.05) is 24.3 Å². The number of nitrogen functional groups attached to an aromatic ring is 1. The molecule has 0 atom stereocenters. The summed E-state index contributed by atoms with van der Waals surface area (Å²) < 4.78 is 0. The second kappa shape index (κ2) is 4.90. The third-order valence-electron chi connectivity index (χ3n) is 2.61. The number of benzene rings is 2. The largest absolute Gasteiger partial charge is 0.398 e. The highest BCUT2D eigenvalue weighted by Crippen LogP contribution is 2.22. The van der Waals surface area contributed by atoms with E-state index in [1.807, 2.05) is 45.0 Å². The minimum absolute atomic E-state index is 0.335. The number of rotatable bonds is 2. The van der Waals surface area contributed by atoms with Gasteiger partial charge in [-0.15, -0.1) is 0 Å². The number of anilines is 1. The van der Waals surface area contributed by atoms with Crippen molar-refractivity contribution in [1.82, 2.24) is 5.48 Å². The van der Waals surface area contributed by atoms with E-state index in [1.54, 1.807) is 12.1 Å². The molecule has 0 aliphatic heterocycles. The molecular formula is C15H18N2O2. The summed E-state index contributed by atoms with van der Waals surface area (Å²) in [5.41, 5.74) is 8.75. The highest BCUT2D eigenvalue weighted by molar-refractivity contribution is 6.03. The fourth-order valence-electron chi connectivity index (χ4n) is 1.71. The van der Waals surface area contributed by atoms with E-state index in [0.29, 0.717) is 11.3 Å². The van der Waals surface area contributed by atoms with Crippen LogP contribution in [0.3, 0.4) is 0 Å². The fraction of sp³-hybridized carbons (Fsp3) is 0.267. The number of hydroxylamine groups is 1. The maximum Gasteiger partial charge on any atom is 0.276 e. The smallest absolute Gasteiger partial charge is 0.276 e. The number of nitrogens with one attached hydrogen (secondary N) is 1. The van der Waals surface area contributed by atoms with Crippen LogP contribution in [0.2, 0.25) is 0 Å². The summed E-state index contributed by atoms with van der Waals surface area (Å²) in [6, 6.07) is 11.3. The van der Waals surface area contributed by atoms with E-state index in [1.165, 1.54) is 0 Å². The van der Waals surface area contributed by atoms with E-state index in [9.17, 15) is 4.79 Å². The van der Waals surface area contributed by atoms with Gasteiger partial charge in [-0.2, -0.15) is 0 Å². The number of nitrogens with two attached hydrogens (primary N) is 1. The first-order valence-electron chi connectivity index (χ1n) is 6.13. The Balaban J connectivity index is 2.29. The molecule has 2 aromatic rings. The van der Waals surface area contributed by atoms with Crippen LogP contribution >= 0.6 is 0 Å². The molecule has 0 spiro atoms. The van der Waals surface area contributed by atoms with Gasteiger partial charge in [-0.3, -0.25) is 9.63 Å². The van der Waals surface area contributed by atoms with Crippen LogP contribution in [0.4, 0.5) is 5.69 Å². The fourth-order valence-corrected chi connectivity index (χ4v) is 1.71. The van der Waals surface area contributed by atoms with Crippen molar-refractivity contribution < 1.29 is 9.63 Å². The third kappa shape index (κ3) is 3.23. The van der Waals surface area contributed by atoms with Crippen LogP contribution in [0, 0.1) is 0 Å². The van der Waals surface area contributed by atoms with Crippen LogP contribution in [0.1, 0.15) is 31.1 Å². The molecule has 0 aliphatic rings. The molecule has 0 saturated carbocycles. The second-order valence-electron chi connectivity index (χ2n) is 5.43. The van der Waals surface area contributed by atoms with Crippen molar-refractivity contribution in [1.29, 1.82) is 0 Å². The molecule has 0 heterocycles. The molecule has 3 N–H and O–H groups in total. The molecule has 0 saturated heterocycles. The predicted octanol–water partition coefficient (Wildman–Crippen LogP) is 2.88. The van der Waals surface area contributed by atoms with E-state index in [0.717, 1.165) is 10.8 Å². The van der Waals surface area contributed by atoms with E-state index >= 15 is 0 Å².